The molecule has 5 nitrogen and oxygen atoms in total. The van der Waals surface area contributed by atoms with Crippen LogP contribution in [0.3, 0.4) is 0 Å². The van der Waals surface area contributed by atoms with E-state index in [0.29, 0.717) is 10.0 Å². The summed E-state index contributed by atoms with van der Waals surface area (Å²) in [6.45, 7) is 5.10. The van der Waals surface area contributed by atoms with Crippen LogP contribution < -0.4 is 5.73 Å². The van der Waals surface area contributed by atoms with Crippen LogP contribution in [0.1, 0.15) is 26.3 Å². The maximum Gasteiger partial charge on any atom is 0.313 e. The van der Waals surface area contributed by atoms with Crippen LogP contribution in [0.4, 0.5) is 4.39 Å². The third-order valence-electron chi connectivity index (χ3n) is 2.38. The Bertz CT molecular complexity index is 580. The summed E-state index contributed by atoms with van der Waals surface area (Å²) in [5.41, 5.74) is 5.56. The first-order valence-electron chi connectivity index (χ1n) is 6.16. The lowest BCUT2D eigenvalue weighted by molar-refractivity contribution is -0.152. The maximum atomic E-state index is 13.3. The average molecular weight is 358 g/mol. The number of carbonyl (C=O) groups is 1. The summed E-state index contributed by atoms with van der Waals surface area (Å²) < 4.78 is 18.6. The van der Waals surface area contributed by atoms with Gasteiger partial charge in [0.05, 0.1) is 9.89 Å². The van der Waals surface area contributed by atoms with Gasteiger partial charge in [-0.3, -0.25) is 4.79 Å². The zero-order chi connectivity index (χ0) is 16.0. The average Bonchev–Trinajstić information content (AvgIpc) is 2.39. The van der Waals surface area contributed by atoms with Gasteiger partial charge in [-0.05, 0) is 54.9 Å². The van der Waals surface area contributed by atoms with Crippen LogP contribution in [0.2, 0.25) is 0 Å². The highest BCUT2D eigenvalue weighted by Crippen LogP contribution is 2.16. The lowest BCUT2D eigenvalue weighted by Crippen LogP contribution is -2.22. The zero-order valence-corrected chi connectivity index (χ0v) is 13.6. The number of rotatable bonds is 4. The van der Waals surface area contributed by atoms with Crippen molar-refractivity contribution in [2.24, 2.45) is 21.1 Å². The summed E-state index contributed by atoms with van der Waals surface area (Å²) in [7, 11) is 0. The molecule has 0 saturated heterocycles. The van der Waals surface area contributed by atoms with E-state index in [0.717, 1.165) is 0 Å². The fraction of sp³-hybridized carbons (Fsp3) is 0.357. The molecule has 2 N–H and O–H groups in total. The molecule has 0 radical (unpaired) electrons. The van der Waals surface area contributed by atoms with Crippen LogP contribution >= 0.6 is 15.9 Å². The lowest BCUT2D eigenvalue weighted by Gasteiger charge is -2.14. The number of esters is 1. The molecule has 0 aliphatic rings. The lowest BCUT2D eigenvalue weighted by atomic mass is 9.98. The van der Waals surface area contributed by atoms with Crippen molar-refractivity contribution in [1.29, 1.82) is 0 Å². The highest BCUT2D eigenvalue weighted by atomic mass is 79.9. The number of hydrogen-bond acceptors (Lipinski definition) is 3. The number of carbonyl (C=O) groups excluding carboxylic acids is 1. The molecule has 0 aliphatic carbocycles. The first-order chi connectivity index (χ1) is 9.71. The molecule has 1 aromatic carbocycles. The fourth-order valence-corrected chi connectivity index (χ4v) is 1.43. The molecule has 1 rings (SSSR count). The second kappa shape index (κ2) is 7.31. The maximum absolute atomic E-state index is 13.3. The Morgan fingerprint density at radius 1 is 1.48 bits per heavy atom. The van der Waals surface area contributed by atoms with Crippen LogP contribution in [-0.4, -0.2) is 24.9 Å². The van der Waals surface area contributed by atoms with Crippen LogP contribution in [0.5, 0.6) is 0 Å². The summed E-state index contributed by atoms with van der Waals surface area (Å²) in [5, 5.41) is 0. The Morgan fingerprint density at radius 3 is 2.71 bits per heavy atom. The number of halogens is 2. The first-order valence-corrected chi connectivity index (χ1v) is 6.95. The molecular weight excluding hydrogens is 341 g/mol. The van der Waals surface area contributed by atoms with Crippen molar-refractivity contribution in [2.45, 2.75) is 20.8 Å². The van der Waals surface area contributed by atoms with Crippen molar-refractivity contribution < 1.29 is 13.9 Å². The van der Waals surface area contributed by atoms with Gasteiger partial charge in [0.1, 0.15) is 18.0 Å². The quantitative estimate of drug-likeness (QED) is 0.511. The highest BCUT2D eigenvalue weighted by Gasteiger charge is 2.22. The van der Waals surface area contributed by atoms with E-state index in [9.17, 15) is 9.18 Å². The Morgan fingerprint density at radius 2 is 2.14 bits per heavy atom. The van der Waals surface area contributed by atoms with E-state index >= 15 is 0 Å². The predicted molar refractivity (Wildman–Crippen MR) is 83.7 cm³/mol. The molecule has 0 bridgehead atoms. The van der Waals surface area contributed by atoms with E-state index in [1.165, 1.54) is 18.5 Å². The topological polar surface area (TPSA) is 77.0 Å². The van der Waals surface area contributed by atoms with Gasteiger partial charge in [0.2, 0.25) is 0 Å². The van der Waals surface area contributed by atoms with Gasteiger partial charge in [0.25, 0.3) is 0 Å². The summed E-state index contributed by atoms with van der Waals surface area (Å²) >= 11 is 3.05. The molecule has 0 unspecified atom stereocenters. The Labute approximate surface area is 131 Å². The van der Waals surface area contributed by atoms with E-state index in [-0.39, 0.29) is 18.5 Å². The molecule has 0 aromatic heterocycles. The normalized spacial score (nSPS) is 12.7. The number of nitrogens with zero attached hydrogens (tertiary/aromatic N) is 2. The molecule has 1 aromatic rings. The van der Waals surface area contributed by atoms with Crippen LogP contribution in [0.25, 0.3) is 0 Å². The van der Waals surface area contributed by atoms with E-state index in [4.69, 9.17) is 10.5 Å². The molecule has 0 fully saturated rings. The molecule has 7 heteroatoms. The van der Waals surface area contributed by atoms with Crippen molar-refractivity contribution in [3.63, 3.8) is 0 Å². The molecule has 0 heterocycles. The summed E-state index contributed by atoms with van der Waals surface area (Å²) in [5.74, 6) is -0.666. The molecule has 0 saturated carbocycles. The molecular formula is C14H17BrFN3O2. The Hall–Kier alpha value is -1.76. The minimum absolute atomic E-state index is 0.118. The predicted octanol–water partition coefficient (Wildman–Crippen LogP) is 2.87. The smallest absolute Gasteiger partial charge is 0.313 e. The van der Waals surface area contributed by atoms with Gasteiger partial charge in [-0.15, -0.1) is 0 Å². The van der Waals surface area contributed by atoms with Crippen molar-refractivity contribution in [3.05, 3.63) is 34.1 Å². The second-order valence-electron chi connectivity index (χ2n) is 5.25. The highest BCUT2D eigenvalue weighted by molar-refractivity contribution is 9.10. The van der Waals surface area contributed by atoms with E-state index < -0.39 is 11.2 Å². The SMILES string of the molecule is CC(C)(C)C(=O)OC/N=C/N=C(N)c1ccc(Br)c(F)c1. The van der Waals surface area contributed by atoms with E-state index in [2.05, 4.69) is 25.9 Å². The zero-order valence-electron chi connectivity index (χ0n) is 12.1. The van der Waals surface area contributed by atoms with E-state index in [1.54, 1.807) is 26.8 Å². The number of hydrogen-bond donors (Lipinski definition) is 1. The van der Waals surface area contributed by atoms with Gasteiger partial charge in [-0.25, -0.2) is 14.4 Å². The van der Waals surface area contributed by atoms with Crippen molar-refractivity contribution >= 4 is 34.1 Å². The minimum Gasteiger partial charge on any atom is -0.442 e. The van der Waals surface area contributed by atoms with Crippen LogP contribution in [0, 0.1) is 11.2 Å². The van der Waals surface area contributed by atoms with Crippen molar-refractivity contribution in [2.75, 3.05) is 6.73 Å². The Balaban J connectivity index is 2.57. The molecule has 21 heavy (non-hydrogen) atoms. The molecule has 114 valence electrons. The van der Waals surface area contributed by atoms with Crippen LogP contribution in [-0.2, 0) is 9.53 Å². The number of nitrogens with two attached hydrogens (primary N) is 1. The molecule has 0 spiro atoms. The van der Waals surface area contributed by atoms with Gasteiger partial charge in [-0.1, -0.05) is 0 Å². The van der Waals surface area contributed by atoms with Crippen LogP contribution in [0.15, 0.2) is 32.7 Å². The van der Waals surface area contributed by atoms with Gasteiger partial charge in [0, 0.05) is 5.56 Å². The van der Waals surface area contributed by atoms with Gasteiger partial charge < -0.3 is 10.5 Å². The third-order valence-corrected chi connectivity index (χ3v) is 3.02. The monoisotopic (exact) mass is 357 g/mol. The molecule has 0 atom stereocenters. The van der Waals surface area contributed by atoms with E-state index in [1.807, 2.05) is 0 Å². The van der Waals surface area contributed by atoms with Gasteiger partial charge in [-0.2, -0.15) is 0 Å². The molecule has 0 amide bonds. The first kappa shape index (κ1) is 17.3. The number of aliphatic imine (C=N–C) groups is 2. The minimum atomic E-state index is -0.577. The van der Waals surface area contributed by atoms with Gasteiger partial charge >= 0.3 is 5.97 Å². The summed E-state index contributed by atoms with van der Waals surface area (Å²) in [4.78, 5) is 19.1. The Kier molecular flexibility index (Phi) is 6.02. The largest absolute Gasteiger partial charge is 0.442 e. The number of benzene rings is 1. The number of amidine groups is 1. The standard InChI is InChI=1S/C14H17BrFN3O2/c1-14(2,3)13(20)21-8-18-7-19-12(17)9-4-5-10(15)11(16)6-9/h4-7H,8H2,1-3H3,(H2,17,18,19). The number of ether oxygens (including phenoxy) is 1. The van der Waals surface area contributed by atoms with Crippen molar-refractivity contribution in [3.8, 4) is 0 Å². The summed E-state index contributed by atoms with van der Waals surface area (Å²) in [6.07, 6.45) is 1.17. The molecule has 0 aliphatic heterocycles. The fourth-order valence-electron chi connectivity index (χ4n) is 1.18. The summed E-state index contributed by atoms with van der Waals surface area (Å²) in [6, 6.07) is 4.42. The van der Waals surface area contributed by atoms with Crippen molar-refractivity contribution in [1.82, 2.24) is 0 Å². The van der Waals surface area contributed by atoms with Gasteiger partial charge in [0.15, 0.2) is 6.73 Å². The second-order valence-corrected chi connectivity index (χ2v) is 6.11. The third kappa shape index (κ3) is 5.63.